The minimum absolute atomic E-state index is 0.0460. The largest absolute Gasteiger partial charge is 0.243 e. The second-order valence-electron chi connectivity index (χ2n) is 6.27. The van der Waals surface area contributed by atoms with Gasteiger partial charge in [-0.25, -0.2) is 8.42 Å². The lowest BCUT2D eigenvalue weighted by Gasteiger charge is -2.34. The van der Waals surface area contributed by atoms with E-state index in [-0.39, 0.29) is 5.92 Å². The summed E-state index contributed by atoms with van der Waals surface area (Å²) in [6.45, 7) is 0.870. The van der Waals surface area contributed by atoms with Crippen LogP contribution in [0.2, 0.25) is 0 Å². The van der Waals surface area contributed by atoms with Gasteiger partial charge in [0.25, 0.3) is 0 Å². The van der Waals surface area contributed by atoms with Crippen LogP contribution in [0.3, 0.4) is 0 Å². The van der Waals surface area contributed by atoms with E-state index in [9.17, 15) is 8.42 Å². The van der Waals surface area contributed by atoms with Crippen LogP contribution in [0.4, 0.5) is 0 Å². The molecule has 1 atom stereocenters. The Kier molecular flexibility index (Phi) is 4.15. The number of fused-ring (bicyclic) bond motifs is 1. The fraction of sp³-hybridized carbons (Fsp3) is 0.143. The molecule has 0 aromatic heterocycles. The molecule has 4 rings (SSSR count). The first-order valence-corrected chi connectivity index (χ1v) is 9.78. The zero-order chi connectivity index (χ0) is 17.3. The highest BCUT2D eigenvalue weighted by Gasteiger charge is 2.33. The Morgan fingerprint density at radius 2 is 1.36 bits per heavy atom. The highest BCUT2D eigenvalue weighted by atomic mass is 32.2. The maximum absolute atomic E-state index is 13.1. The number of benzene rings is 3. The molecule has 3 aromatic rings. The van der Waals surface area contributed by atoms with Crippen molar-refractivity contribution in [2.75, 3.05) is 6.54 Å². The van der Waals surface area contributed by atoms with Crippen molar-refractivity contribution in [2.24, 2.45) is 0 Å². The van der Waals surface area contributed by atoms with Gasteiger partial charge in [-0.05, 0) is 28.8 Å². The minimum atomic E-state index is -3.51. The first kappa shape index (κ1) is 16.1. The molecule has 126 valence electrons. The van der Waals surface area contributed by atoms with E-state index in [2.05, 4.69) is 18.2 Å². The van der Waals surface area contributed by atoms with Crippen molar-refractivity contribution in [1.82, 2.24) is 4.31 Å². The molecule has 0 amide bonds. The summed E-state index contributed by atoms with van der Waals surface area (Å²) in [7, 11) is -3.51. The number of nitrogens with zero attached hydrogens (tertiary/aromatic N) is 1. The summed E-state index contributed by atoms with van der Waals surface area (Å²) < 4.78 is 27.8. The van der Waals surface area contributed by atoms with Crippen LogP contribution in [0.5, 0.6) is 0 Å². The van der Waals surface area contributed by atoms with Gasteiger partial charge in [0.1, 0.15) is 0 Å². The van der Waals surface area contributed by atoms with Gasteiger partial charge in [0.05, 0.1) is 4.90 Å². The molecular weight excluding hydrogens is 330 g/mol. The van der Waals surface area contributed by atoms with E-state index in [4.69, 9.17) is 0 Å². The third kappa shape index (κ3) is 2.99. The zero-order valence-corrected chi connectivity index (χ0v) is 14.6. The molecule has 3 nitrogen and oxygen atoms in total. The van der Waals surface area contributed by atoms with Gasteiger partial charge in [-0.2, -0.15) is 4.31 Å². The molecule has 0 bridgehead atoms. The van der Waals surface area contributed by atoms with Gasteiger partial charge < -0.3 is 0 Å². The Balaban J connectivity index is 1.78. The van der Waals surface area contributed by atoms with Gasteiger partial charge in [-0.1, -0.05) is 72.8 Å². The topological polar surface area (TPSA) is 37.4 Å². The molecule has 1 unspecified atom stereocenters. The van der Waals surface area contributed by atoms with E-state index in [0.717, 1.165) is 11.1 Å². The van der Waals surface area contributed by atoms with Crippen LogP contribution in [-0.2, 0) is 16.6 Å². The Hall–Kier alpha value is -2.43. The van der Waals surface area contributed by atoms with Crippen molar-refractivity contribution < 1.29 is 8.42 Å². The summed E-state index contributed by atoms with van der Waals surface area (Å²) in [5.74, 6) is 0.0460. The lowest BCUT2D eigenvalue weighted by atomic mass is 9.86. The molecule has 0 aliphatic carbocycles. The molecule has 4 heteroatoms. The molecule has 3 aromatic carbocycles. The molecular formula is C21H19NO2S. The van der Waals surface area contributed by atoms with Crippen LogP contribution in [0.15, 0.2) is 89.8 Å². The second kappa shape index (κ2) is 6.47. The van der Waals surface area contributed by atoms with E-state index in [1.165, 1.54) is 5.56 Å². The predicted molar refractivity (Wildman–Crippen MR) is 98.8 cm³/mol. The Bertz CT molecular complexity index is 969. The second-order valence-corrected chi connectivity index (χ2v) is 8.21. The third-order valence-corrected chi connectivity index (χ3v) is 6.57. The molecule has 0 N–H and O–H groups in total. The first-order valence-electron chi connectivity index (χ1n) is 8.34. The standard InChI is InChI=1S/C21H19NO2S/c23-25(24,19-12-5-2-6-13-19)22-15-18-11-7-8-14-20(18)21(16-22)17-9-3-1-4-10-17/h1-14,21H,15-16H2. The number of rotatable bonds is 3. The van der Waals surface area contributed by atoms with E-state index >= 15 is 0 Å². The lowest BCUT2D eigenvalue weighted by molar-refractivity contribution is 0.372. The average Bonchev–Trinajstić information content (AvgIpc) is 2.68. The van der Waals surface area contributed by atoms with E-state index < -0.39 is 10.0 Å². The summed E-state index contributed by atoms with van der Waals surface area (Å²) in [6, 6.07) is 26.9. The molecule has 1 heterocycles. The molecule has 1 aliphatic rings. The van der Waals surface area contributed by atoms with E-state index in [0.29, 0.717) is 18.0 Å². The first-order chi connectivity index (χ1) is 12.2. The summed E-state index contributed by atoms with van der Waals surface area (Å²) in [4.78, 5) is 0.348. The zero-order valence-electron chi connectivity index (χ0n) is 13.7. The third-order valence-electron chi connectivity index (χ3n) is 4.75. The molecule has 0 radical (unpaired) electrons. The highest BCUT2D eigenvalue weighted by molar-refractivity contribution is 7.89. The number of hydrogen-bond acceptors (Lipinski definition) is 2. The summed E-state index contributed by atoms with van der Waals surface area (Å²) in [6.07, 6.45) is 0. The van der Waals surface area contributed by atoms with Crippen LogP contribution in [0.1, 0.15) is 22.6 Å². The van der Waals surface area contributed by atoms with Gasteiger partial charge in [-0.3, -0.25) is 0 Å². The van der Waals surface area contributed by atoms with Crippen LogP contribution in [0.25, 0.3) is 0 Å². The molecule has 0 saturated carbocycles. The van der Waals surface area contributed by atoms with Gasteiger partial charge in [0, 0.05) is 19.0 Å². The van der Waals surface area contributed by atoms with Crippen molar-refractivity contribution in [3.63, 3.8) is 0 Å². The fourth-order valence-corrected chi connectivity index (χ4v) is 4.92. The Morgan fingerprint density at radius 1 is 0.760 bits per heavy atom. The van der Waals surface area contributed by atoms with Gasteiger partial charge in [0.15, 0.2) is 0 Å². The summed E-state index contributed by atoms with van der Waals surface area (Å²) in [5.41, 5.74) is 3.43. The Morgan fingerprint density at radius 3 is 2.08 bits per heavy atom. The quantitative estimate of drug-likeness (QED) is 0.716. The van der Waals surface area contributed by atoms with Gasteiger partial charge in [0.2, 0.25) is 10.0 Å². The van der Waals surface area contributed by atoms with Gasteiger partial charge >= 0.3 is 0 Å². The SMILES string of the molecule is O=S(=O)(c1ccccc1)N1Cc2ccccc2C(c2ccccc2)C1. The maximum atomic E-state index is 13.1. The summed E-state index contributed by atoms with van der Waals surface area (Å²) in [5, 5.41) is 0. The monoisotopic (exact) mass is 349 g/mol. The smallest absolute Gasteiger partial charge is 0.207 e. The van der Waals surface area contributed by atoms with Crippen molar-refractivity contribution >= 4 is 10.0 Å². The summed E-state index contributed by atoms with van der Waals surface area (Å²) >= 11 is 0. The number of hydrogen-bond donors (Lipinski definition) is 0. The Labute approximate surface area is 148 Å². The van der Waals surface area contributed by atoms with Gasteiger partial charge in [-0.15, -0.1) is 0 Å². The van der Waals surface area contributed by atoms with Crippen LogP contribution >= 0.6 is 0 Å². The fourth-order valence-electron chi connectivity index (χ4n) is 3.47. The number of sulfonamides is 1. The van der Waals surface area contributed by atoms with Crippen LogP contribution in [-0.4, -0.2) is 19.3 Å². The van der Waals surface area contributed by atoms with Crippen molar-refractivity contribution in [1.29, 1.82) is 0 Å². The normalized spacial score (nSPS) is 17.8. The van der Waals surface area contributed by atoms with Crippen molar-refractivity contribution in [2.45, 2.75) is 17.4 Å². The van der Waals surface area contributed by atoms with E-state index in [1.54, 1.807) is 28.6 Å². The van der Waals surface area contributed by atoms with Crippen molar-refractivity contribution in [3.05, 3.63) is 102 Å². The van der Waals surface area contributed by atoms with E-state index in [1.807, 2.05) is 42.5 Å². The average molecular weight is 349 g/mol. The molecule has 25 heavy (non-hydrogen) atoms. The molecule has 1 aliphatic heterocycles. The minimum Gasteiger partial charge on any atom is -0.207 e. The lowest BCUT2D eigenvalue weighted by Crippen LogP contribution is -2.38. The maximum Gasteiger partial charge on any atom is 0.243 e. The van der Waals surface area contributed by atoms with Crippen LogP contribution in [0, 0.1) is 0 Å². The molecule has 0 saturated heterocycles. The van der Waals surface area contributed by atoms with Crippen molar-refractivity contribution in [3.8, 4) is 0 Å². The molecule has 0 spiro atoms. The van der Waals surface area contributed by atoms with Crippen LogP contribution < -0.4 is 0 Å². The molecule has 0 fully saturated rings. The predicted octanol–water partition coefficient (Wildman–Crippen LogP) is 4.02. The highest BCUT2D eigenvalue weighted by Crippen LogP contribution is 2.35.